The van der Waals surface area contributed by atoms with Crippen LogP contribution in [0.25, 0.3) is 5.69 Å². The van der Waals surface area contributed by atoms with Gasteiger partial charge in [-0.15, -0.1) is 13.2 Å². The van der Waals surface area contributed by atoms with E-state index < -0.39 is 29.5 Å². The molecular weight excluding hydrogens is 436 g/mol. The summed E-state index contributed by atoms with van der Waals surface area (Å²) >= 11 is 0. The number of nitrogens with zero attached hydrogens (tertiary/aromatic N) is 4. The van der Waals surface area contributed by atoms with Crippen molar-refractivity contribution in [2.45, 2.75) is 31.3 Å². The van der Waals surface area contributed by atoms with Crippen molar-refractivity contribution in [3.63, 3.8) is 0 Å². The molecule has 9 nitrogen and oxygen atoms in total. The Morgan fingerprint density at radius 1 is 1.16 bits per heavy atom. The van der Waals surface area contributed by atoms with Crippen molar-refractivity contribution in [2.24, 2.45) is 5.73 Å². The van der Waals surface area contributed by atoms with Crippen molar-refractivity contribution in [3.05, 3.63) is 53.8 Å². The maximum absolute atomic E-state index is 13.7. The minimum Gasteiger partial charge on any atom is -0.423 e. The van der Waals surface area contributed by atoms with E-state index in [1.807, 2.05) is 0 Å². The number of benzene rings is 2. The highest BCUT2D eigenvalue weighted by Crippen LogP contribution is 2.33. The predicted molar refractivity (Wildman–Crippen MR) is 100 cm³/mol. The summed E-state index contributed by atoms with van der Waals surface area (Å²) in [5, 5.41) is 13.8. The lowest BCUT2D eigenvalue weighted by atomic mass is 10.1. The van der Waals surface area contributed by atoms with Gasteiger partial charge in [-0.05, 0) is 53.1 Å². The van der Waals surface area contributed by atoms with Gasteiger partial charge in [0.25, 0.3) is 0 Å². The highest BCUT2D eigenvalue weighted by atomic mass is 19.4. The maximum atomic E-state index is 13.7. The summed E-state index contributed by atoms with van der Waals surface area (Å²) in [5.41, 5.74) is 5.81. The van der Waals surface area contributed by atoms with Crippen molar-refractivity contribution in [3.8, 4) is 23.2 Å². The number of hydrogen-bond donors (Lipinski definition) is 2. The van der Waals surface area contributed by atoms with Crippen LogP contribution in [-0.2, 0) is 4.79 Å². The maximum Gasteiger partial charge on any atom is 0.573 e. The molecule has 1 aliphatic heterocycles. The van der Waals surface area contributed by atoms with Gasteiger partial charge >= 0.3 is 12.4 Å². The van der Waals surface area contributed by atoms with E-state index in [2.05, 4.69) is 25.6 Å². The molecule has 32 heavy (non-hydrogen) atoms. The Balaban J connectivity index is 1.54. The van der Waals surface area contributed by atoms with Gasteiger partial charge in [-0.25, -0.2) is 4.39 Å². The number of carbonyl (C=O) groups is 1. The van der Waals surface area contributed by atoms with E-state index in [1.54, 1.807) is 24.3 Å². The highest BCUT2D eigenvalue weighted by Gasteiger charge is 2.33. The summed E-state index contributed by atoms with van der Waals surface area (Å²) in [7, 11) is 0. The summed E-state index contributed by atoms with van der Waals surface area (Å²) < 4.78 is 62.1. The molecule has 13 heteroatoms. The lowest BCUT2D eigenvalue weighted by Crippen LogP contribution is -2.37. The molecule has 0 spiro atoms. The molecule has 0 saturated carbocycles. The number of amides is 1. The van der Waals surface area contributed by atoms with Crippen LogP contribution in [0.4, 0.5) is 17.6 Å². The molecular formula is C19H16F4N6O3. The van der Waals surface area contributed by atoms with Crippen LogP contribution in [0, 0.1) is 5.82 Å². The number of ether oxygens (including phenoxy) is 2. The van der Waals surface area contributed by atoms with Crippen molar-refractivity contribution in [1.82, 2.24) is 25.5 Å². The highest BCUT2D eigenvalue weighted by molar-refractivity contribution is 5.80. The molecule has 2 heterocycles. The van der Waals surface area contributed by atoms with Gasteiger partial charge in [-0.1, -0.05) is 17.2 Å². The quantitative estimate of drug-likeness (QED) is 0.553. The minimum absolute atomic E-state index is 0.0544. The van der Waals surface area contributed by atoms with Gasteiger partial charge in [0.1, 0.15) is 17.3 Å². The van der Waals surface area contributed by atoms with E-state index in [0.29, 0.717) is 6.42 Å². The van der Waals surface area contributed by atoms with E-state index in [0.717, 1.165) is 34.9 Å². The Hall–Kier alpha value is -3.74. The zero-order valence-electron chi connectivity index (χ0n) is 16.2. The van der Waals surface area contributed by atoms with Gasteiger partial charge in [0, 0.05) is 12.1 Å². The fraction of sp³-hybridized carbons (Fsp3) is 0.263. The largest absolute Gasteiger partial charge is 0.573 e. The van der Waals surface area contributed by atoms with Gasteiger partial charge in [0.2, 0.25) is 5.91 Å². The molecule has 2 atom stereocenters. The second kappa shape index (κ2) is 8.42. The first kappa shape index (κ1) is 21.5. The summed E-state index contributed by atoms with van der Waals surface area (Å²) in [6, 6.07) is 8.38. The molecule has 168 valence electrons. The fourth-order valence-electron chi connectivity index (χ4n) is 3.36. The topological polar surface area (TPSA) is 117 Å². The molecule has 2 aromatic carbocycles. The molecule has 0 radical (unpaired) electrons. The number of nitrogens with one attached hydrogen (secondary N) is 1. The standard InChI is InChI=1S/C19H16F4N6O3/c20-11-3-8-16(32-19(21,22)23)15(9-11)29-18(26-27-28-29)31-12-4-1-10(2-5-12)13-6-7-14(25-13)17(24)30/h1-5,8-9,13-14,25H,6-7H2,(H2,24,30)/t13-,14+/m1/s1. The number of alkyl halides is 3. The third-order valence-electron chi connectivity index (χ3n) is 4.80. The molecule has 3 aromatic rings. The number of tetrazole rings is 1. The van der Waals surface area contributed by atoms with Crippen LogP contribution in [0.2, 0.25) is 0 Å². The summed E-state index contributed by atoms with van der Waals surface area (Å²) in [4.78, 5) is 11.3. The van der Waals surface area contributed by atoms with Gasteiger partial charge < -0.3 is 15.2 Å². The first-order valence-electron chi connectivity index (χ1n) is 9.37. The summed E-state index contributed by atoms with van der Waals surface area (Å²) in [6.45, 7) is 0. The number of nitrogens with two attached hydrogens (primary N) is 1. The summed E-state index contributed by atoms with van der Waals surface area (Å²) in [5.74, 6) is -1.66. The van der Waals surface area contributed by atoms with E-state index in [4.69, 9.17) is 10.5 Å². The number of halogens is 4. The van der Waals surface area contributed by atoms with Gasteiger partial charge in [-0.2, -0.15) is 4.68 Å². The van der Waals surface area contributed by atoms with Crippen LogP contribution in [0.1, 0.15) is 24.4 Å². The molecule has 3 N–H and O–H groups in total. The molecule has 4 rings (SSSR count). The zero-order chi connectivity index (χ0) is 22.9. The zero-order valence-corrected chi connectivity index (χ0v) is 16.2. The average Bonchev–Trinajstić information content (AvgIpc) is 3.39. The number of carbonyl (C=O) groups excluding carboxylic acids is 1. The number of hydrogen-bond acceptors (Lipinski definition) is 7. The van der Waals surface area contributed by atoms with Crippen LogP contribution >= 0.6 is 0 Å². The van der Waals surface area contributed by atoms with Crippen LogP contribution < -0.4 is 20.5 Å². The lowest BCUT2D eigenvalue weighted by Gasteiger charge is -2.14. The predicted octanol–water partition coefficient (Wildman–Crippen LogP) is 2.77. The van der Waals surface area contributed by atoms with Crippen LogP contribution in [0.5, 0.6) is 17.5 Å². The number of aromatic nitrogens is 4. The lowest BCUT2D eigenvalue weighted by molar-refractivity contribution is -0.274. The fourth-order valence-corrected chi connectivity index (χ4v) is 3.36. The Labute approximate surface area is 178 Å². The second-order valence-corrected chi connectivity index (χ2v) is 6.96. The van der Waals surface area contributed by atoms with E-state index in [1.165, 1.54) is 0 Å². The van der Waals surface area contributed by atoms with E-state index in [9.17, 15) is 22.4 Å². The number of rotatable bonds is 6. The first-order chi connectivity index (χ1) is 15.2. The van der Waals surface area contributed by atoms with Crippen LogP contribution in [0.3, 0.4) is 0 Å². The minimum atomic E-state index is -5.00. The molecule has 1 saturated heterocycles. The average molecular weight is 452 g/mol. The molecule has 0 bridgehead atoms. The van der Waals surface area contributed by atoms with Gasteiger partial charge in [-0.3, -0.25) is 10.1 Å². The van der Waals surface area contributed by atoms with Crippen molar-refractivity contribution >= 4 is 5.91 Å². The first-order valence-corrected chi connectivity index (χ1v) is 9.37. The smallest absolute Gasteiger partial charge is 0.423 e. The Morgan fingerprint density at radius 3 is 2.56 bits per heavy atom. The third kappa shape index (κ3) is 4.77. The monoisotopic (exact) mass is 452 g/mol. The Bertz CT molecular complexity index is 1120. The van der Waals surface area contributed by atoms with Crippen molar-refractivity contribution in [2.75, 3.05) is 0 Å². The molecule has 1 fully saturated rings. The van der Waals surface area contributed by atoms with Crippen LogP contribution in [0.15, 0.2) is 42.5 Å². The molecule has 1 aliphatic rings. The van der Waals surface area contributed by atoms with Gasteiger partial charge in [0.15, 0.2) is 5.75 Å². The van der Waals surface area contributed by atoms with Crippen LogP contribution in [-0.4, -0.2) is 38.5 Å². The van der Waals surface area contributed by atoms with Crippen molar-refractivity contribution in [1.29, 1.82) is 0 Å². The SMILES string of the molecule is NC(=O)[C@@H]1CC[C@H](c2ccc(Oc3nnnn3-c3cc(F)ccc3OC(F)(F)F)cc2)N1. The summed E-state index contributed by atoms with van der Waals surface area (Å²) in [6.07, 6.45) is -3.64. The van der Waals surface area contributed by atoms with Gasteiger partial charge in [0.05, 0.1) is 6.04 Å². The third-order valence-corrected chi connectivity index (χ3v) is 4.80. The second-order valence-electron chi connectivity index (χ2n) is 6.96. The Kier molecular flexibility index (Phi) is 5.65. The van der Waals surface area contributed by atoms with E-state index in [-0.39, 0.29) is 23.8 Å². The molecule has 1 amide bonds. The normalized spacial score (nSPS) is 18.5. The van der Waals surface area contributed by atoms with E-state index >= 15 is 0 Å². The molecule has 0 aliphatic carbocycles. The van der Waals surface area contributed by atoms with Crippen molar-refractivity contribution < 1.29 is 31.8 Å². The molecule has 1 aromatic heterocycles. The molecule has 0 unspecified atom stereocenters. The number of primary amides is 1. The Morgan fingerprint density at radius 2 is 1.91 bits per heavy atom.